The summed E-state index contributed by atoms with van der Waals surface area (Å²) in [7, 11) is 0. The molecule has 328 valence electrons. The summed E-state index contributed by atoms with van der Waals surface area (Å²) in [6, 6.07) is -0.912. The highest BCUT2D eigenvalue weighted by molar-refractivity contribution is 5.83. The Balaban J connectivity index is 4.38. The molecule has 7 nitrogen and oxygen atoms in total. The van der Waals surface area contributed by atoms with Crippen LogP contribution in [0.15, 0.2) is 60.8 Å². The Hall–Kier alpha value is -2.93. The molecule has 1 amide bonds. The number of carboxylic acids is 1. The number of carbonyl (C=O) groups excluding carboxylic acids is 2. The zero-order valence-electron chi connectivity index (χ0n) is 36.9. The number of esters is 1. The number of nitrogens with two attached hydrogens (primary N) is 1. The number of carbonyl (C=O) groups is 3. The highest BCUT2D eigenvalue weighted by atomic mass is 16.5. The van der Waals surface area contributed by atoms with Crippen LogP contribution in [-0.2, 0) is 19.1 Å². The Morgan fingerprint density at radius 3 is 1.39 bits per heavy atom. The quantitative estimate of drug-likeness (QED) is 0.0321. The Morgan fingerprint density at radius 1 is 0.526 bits per heavy atom. The van der Waals surface area contributed by atoms with E-state index in [-0.39, 0.29) is 24.4 Å². The van der Waals surface area contributed by atoms with Crippen molar-refractivity contribution in [3.05, 3.63) is 60.8 Å². The normalized spacial score (nSPS) is 13.2. The van der Waals surface area contributed by atoms with E-state index in [4.69, 9.17) is 10.5 Å². The lowest BCUT2D eigenvalue weighted by Gasteiger charge is -2.16. The third kappa shape index (κ3) is 41.0. The van der Waals surface area contributed by atoms with Gasteiger partial charge in [-0.2, -0.15) is 0 Å². The summed E-state index contributed by atoms with van der Waals surface area (Å²) in [5.74, 6) is -1.48. The van der Waals surface area contributed by atoms with Crippen molar-refractivity contribution in [2.75, 3.05) is 6.54 Å². The van der Waals surface area contributed by atoms with E-state index in [2.05, 4.69) is 67.8 Å². The van der Waals surface area contributed by atoms with Crippen molar-refractivity contribution in [1.82, 2.24) is 5.32 Å². The van der Waals surface area contributed by atoms with Crippen LogP contribution in [0.3, 0.4) is 0 Å². The zero-order chi connectivity index (χ0) is 41.7. The Bertz CT molecular complexity index is 1080. The standard InChI is InChI=1S/C50H88N2O5/c1-3-5-7-9-11-13-15-17-19-20-21-22-23-24-26-28-30-32-34-36-44-49(54)57-46(41-37-38-43-48(53)52-47(50(55)56)42-39-45-51)40-35-33-31-29-27-25-18-16-14-12-10-8-6-4-2/h6,8,12,14,18,25,29,31,35,40,46-47H,3-5,7,9-11,13,15-17,19-24,26-28,30,32-34,36-39,41-45,51H2,1-2H3,(H,52,53)(H,55,56)/b8-6-,14-12-,25-18-,31-29-,40-35-. The molecule has 0 saturated heterocycles. The number of nitrogens with one attached hydrogen (secondary N) is 1. The highest BCUT2D eigenvalue weighted by Crippen LogP contribution is 2.16. The molecule has 0 heterocycles. The number of rotatable bonds is 42. The molecular formula is C50H88N2O5. The second-order valence-corrected chi connectivity index (χ2v) is 15.8. The number of hydrogen-bond acceptors (Lipinski definition) is 5. The first-order valence-corrected chi connectivity index (χ1v) is 23.6. The van der Waals surface area contributed by atoms with Gasteiger partial charge in [-0.1, -0.05) is 191 Å². The zero-order valence-corrected chi connectivity index (χ0v) is 36.9. The molecule has 7 heteroatoms. The van der Waals surface area contributed by atoms with E-state index >= 15 is 0 Å². The van der Waals surface area contributed by atoms with Crippen LogP contribution in [0.4, 0.5) is 0 Å². The van der Waals surface area contributed by atoms with E-state index in [1.54, 1.807) is 0 Å². The summed E-state index contributed by atoms with van der Waals surface area (Å²) in [6.07, 6.45) is 55.7. The van der Waals surface area contributed by atoms with Gasteiger partial charge in [-0.25, -0.2) is 4.79 Å². The van der Waals surface area contributed by atoms with Crippen molar-refractivity contribution in [3.8, 4) is 0 Å². The summed E-state index contributed by atoms with van der Waals surface area (Å²) in [6.45, 7) is 4.81. The molecule has 0 aliphatic rings. The third-order valence-electron chi connectivity index (χ3n) is 10.3. The number of aliphatic carboxylic acids is 1. The van der Waals surface area contributed by atoms with Crippen LogP contribution in [0, 0.1) is 0 Å². The van der Waals surface area contributed by atoms with Crippen LogP contribution in [-0.4, -0.2) is 41.6 Å². The number of hydrogen-bond donors (Lipinski definition) is 3. The topological polar surface area (TPSA) is 119 Å². The van der Waals surface area contributed by atoms with Gasteiger partial charge in [-0.05, 0) is 83.2 Å². The number of amides is 1. The maximum absolute atomic E-state index is 12.8. The van der Waals surface area contributed by atoms with Gasteiger partial charge in [0.05, 0.1) is 0 Å². The lowest BCUT2D eigenvalue weighted by atomic mass is 10.0. The van der Waals surface area contributed by atoms with E-state index in [0.29, 0.717) is 45.1 Å². The summed E-state index contributed by atoms with van der Waals surface area (Å²) in [4.78, 5) is 36.6. The average Bonchev–Trinajstić information content (AvgIpc) is 3.20. The van der Waals surface area contributed by atoms with Gasteiger partial charge in [0.1, 0.15) is 12.1 Å². The van der Waals surface area contributed by atoms with Gasteiger partial charge in [-0.3, -0.25) is 9.59 Å². The number of ether oxygens (including phenoxy) is 1. The van der Waals surface area contributed by atoms with Gasteiger partial charge in [0.2, 0.25) is 5.91 Å². The largest absolute Gasteiger partial charge is 0.480 e. The lowest BCUT2D eigenvalue weighted by Crippen LogP contribution is -2.40. The fourth-order valence-corrected chi connectivity index (χ4v) is 6.81. The van der Waals surface area contributed by atoms with E-state index in [1.165, 1.54) is 116 Å². The van der Waals surface area contributed by atoms with Gasteiger partial charge < -0.3 is 20.9 Å². The van der Waals surface area contributed by atoms with Crippen molar-refractivity contribution in [2.24, 2.45) is 5.73 Å². The smallest absolute Gasteiger partial charge is 0.326 e. The number of carboxylic acid groups (broad SMARTS) is 1. The molecule has 0 saturated carbocycles. The summed E-state index contributed by atoms with van der Waals surface area (Å²) < 4.78 is 5.89. The van der Waals surface area contributed by atoms with Gasteiger partial charge >= 0.3 is 11.9 Å². The van der Waals surface area contributed by atoms with E-state index < -0.39 is 12.0 Å². The minimum absolute atomic E-state index is 0.162. The Labute approximate surface area is 350 Å². The molecule has 57 heavy (non-hydrogen) atoms. The van der Waals surface area contributed by atoms with Crippen molar-refractivity contribution < 1.29 is 24.2 Å². The first kappa shape index (κ1) is 54.1. The second-order valence-electron chi connectivity index (χ2n) is 15.8. The molecule has 4 N–H and O–H groups in total. The van der Waals surface area contributed by atoms with Crippen molar-refractivity contribution in [1.29, 1.82) is 0 Å². The van der Waals surface area contributed by atoms with E-state index in [1.807, 2.05) is 12.2 Å². The predicted molar refractivity (Wildman–Crippen MR) is 243 cm³/mol. The maximum Gasteiger partial charge on any atom is 0.326 e. The van der Waals surface area contributed by atoms with Crippen molar-refractivity contribution >= 4 is 17.8 Å². The summed E-state index contributed by atoms with van der Waals surface area (Å²) in [5.41, 5.74) is 5.51. The average molecular weight is 797 g/mol. The SMILES string of the molecule is CC/C=C\C/C=C\C/C=C\C/C=C\C/C=C\C(CCCCC(=O)NC(CCCN)C(=O)O)OC(=O)CCCCCCCCCCCCCCCCCCCCCC. The predicted octanol–water partition coefficient (Wildman–Crippen LogP) is 13.7. The summed E-state index contributed by atoms with van der Waals surface area (Å²) >= 11 is 0. The molecule has 0 aliphatic carbocycles. The third-order valence-corrected chi connectivity index (χ3v) is 10.3. The fraction of sp³-hybridized carbons (Fsp3) is 0.740. The molecule has 2 atom stereocenters. The molecule has 0 aromatic rings. The molecule has 0 radical (unpaired) electrons. The first-order chi connectivity index (χ1) is 27.9. The van der Waals surface area contributed by atoms with Crippen LogP contribution in [0.5, 0.6) is 0 Å². The van der Waals surface area contributed by atoms with Gasteiger partial charge in [-0.15, -0.1) is 0 Å². The Kier molecular flexibility index (Phi) is 41.9. The van der Waals surface area contributed by atoms with Crippen molar-refractivity contribution in [2.45, 2.75) is 231 Å². The van der Waals surface area contributed by atoms with Crippen molar-refractivity contribution in [3.63, 3.8) is 0 Å². The lowest BCUT2D eigenvalue weighted by molar-refractivity contribution is -0.147. The van der Waals surface area contributed by atoms with E-state index in [9.17, 15) is 19.5 Å². The molecule has 0 bridgehead atoms. The number of allylic oxidation sites excluding steroid dienone is 9. The Morgan fingerprint density at radius 2 is 0.947 bits per heavy atom. The van der Waals surface area contributed by atoms with Gasteiger partial charge in [0.25, 0.3) is 0 Å². The van der Waals surface area contributed by atoms with Crippen LogP contribution in [0.25, 0.3) is 0 Å². The monoisotopic (exact) mass is 797 g/mol. The first-order valence-electron chi connectivity index (χ1n) is 23.6. The maximum atomic E-state index is 12.8. The van der Waals surface area contributed by atoms with Crippen LogP contribution in [0.2, 0.25) is 0 Å². The fourth-order valence-electron chi connectivity index (χ4n) is 6.81. The molecule has 0 aromatic heterocycles. The molecule has 0 fully saturated rings. The molecule has 0 spiro atoms. The van der Waals surface area contributed by atoms with Crippen LogP contribution in [0.1, 0.15) is 219 Å². The second kappa shape index (κ2) is 44.2. The van der Waals surface area contributed by atoms with Gasteiger partial charge in [0, 0.05) is 12.8 Å². The minimum Gasteiger partial charge on any atom is -0.480 e. The molecule has 0 aromatic carbocycles. The van der Waals surface area contributed by atoms with Crippen LogP contribution < -0.4 is 11.1 Å². The summed E-state index contributed by atoms with van der Waals surface area (Å²) in [5, 5.41) is 12.0. The molecular weight excluding hydrogens is 709 g/mol. The molecule has 0 rings (SSSR count). The molecule has 0 aliphatic heterocycles. The van der Waals surface area contributed by atoms with Gasteiger partial charge in [0.15, 0.2) is 0 Å². The number of unbranched alkanes of at least 4 members (excludes halogenated alkanes) is 20. The minimum atomic E-state index is -1.04. The van der Waals surface area contributed by atoms with E-state index in [0.717, 1.165) is 44.9 Å². The molecule has 2 unspecified atom stereocenters. The highest BCUT2D eigenvalue weighted by Gasteiger charge is 2.19. The van der Waals surface area contributed by atoms with Crippen LogP contribution >= 0.6 is 0 Å².